The first kappa shape index (κ1) is 12.6. The zero-order valence-corrected chi connectivity index (χ0v) is 11.4. The Kier molecular flexibility index (Phi) is 3.88. The molecule has 1 saturated carbocycles. The smallest absolute Gasteiger partial charge is 0.00752 e. The van der Waals surface area contributed by atoms with Gasteiger partial charge in [-0.15, -0.1) is 0 Å². The molecule has 1 N–H and O–H groups in total. The maximum Gasteiger partial charge on any atom is 0.00752 e. The third kappa shape index (κ3) is 2.71. The van der Waals surface area contributed by atoms with Gasteiger partial charge in [-0.2, -0.15) is 0 Å². The maximum atomic E-state index is 3.73. The van der Waals surface area contributed by atoms with Crippen molar-refractivity contribution < 1.29 is 0 Å². The van der Waals surface area contributed by atoms with E-state index < -0.39 is 0 Å². The van der Waals surface area contributed by atoms with Crippen LogP contribution in [0, 0.1) is 6.92 Å². The summed E-state index contributed by atoms with van der Waals surface area (Å²) in [6.45, 7) is 8.02. The molecule has 0 saturated heterocycles. The molecule has 2 rings (SSSR count). The monoisotopic (exact) mass is 231 g/mol. The molecule has 1 aliphatic rings. The molecule has 1 aromatic rings. The van der Waals surface area contributed by atoms with Gasteiger partial charge < -0.3 is 5.32 Å². The SMILES string of the molecule is CCC(CC)(CNC1CC1)c1ccccc1C. The minimum absolute atomic E-state index is 0.327. The fourth-order valence-electron chi connectivity index (χ4n) is 2.77. The van der Waals surface area contributed by atoms with Crippen LogP contribution in [0.25, 0.3) is 0 Å². The van der Waals surface area contributed by atoms with Crippen LogP contribution in [0.1, 0.15) is 50.7 Å². The van der Waals surface area contributed by atoms with Crippen molar-refractivity contribution in [2.45, 2.75) is 57.9 Å². The highest BCUT2D eigenvalue weighted by Crippen LogP contribution is 2.34. The second-order valence-corrected chi connectivity index (χ2v) is 5.46. The fourth-order valence-corrected chi connectivity index (χ4v) is 2.77. The summed E-state index contributed by atoms with van der Waals surface area (Å²) < 4.78 is 0. The van der Waals surface area contributed by atoms with Crippen molar-refractivity contribution in [2.75, 3.05) is 6.54 Å². The van der Waals surface area contributed by atoms with Crippen molar-refractivity contribution >= 4 is 0 Å². The Balaban J connectivity index is 2.21. The van der Waals surface area contributed by atoms with Crippen molar-refractivity contribution in [3.05, 3.63) is 35.4 Å². The molecule has 0 bridgehead atoms. The molecule has 0 atom stereocenters. The van der Waals surface area contributed by atoms with Crippen LogP contribution in [0.5, 0.6) is 0 Å². The van der Waals surface area contributed by atoms with Gasteiger partial charge in [-0.25, -0.2) is 0 Å². The lowest BCUT2D eigenvalue weighted by Gasteiger charge is -2.34. The van der Waals surface area contributed by atoms with Gasteiger partial charge in [0.25, 0.3) is 0 Å². The summed E-state index contributed by atoms with van der Waals surface area (Å²) >= 11 is 0. The van der Waals surface area contributed by atoms with E-state index in [-0.39, 0.29) is 0 Å². The Morgan fingerprint density at radius 2 is 1.82 bits per heavy atom. The molecule has 1 aromatic carbocycles. The highest BCUT2D eigenvalue weighted by atomic mass is 15.0. The van der Waals surface area contributed by atoms with Crippen LogP contribution in [0.3, 0.4) is 0 Å². The van der Waals surface area contributed by atoms with Crippen LogP contribution in [-0.2, 0) is 5.41 Å². The first-order chi connectivity index (χ1) is 8.22. The third-order valence-electron chi connectivity index (χ3n) is 4.38. The molecule has 0 heterocycles. The molecule has 0 aromatic heterocycles. The predicted octanol–water partition coefficient (Wildman–Crippen LogP) is 3.80. The van der Waals surface area contributed by atoms with Gasteiger partial charge in [0.15, 0.2) is 0 Å². The lowest BCUT2D eigenvalue weighted by molar-refractivity contribution is 0.365. The van der Waals surface area contributed by atoms with Gasteiger partial charge in [-0.1, -0.05) is 38.1 Å². The van der Waals surface area contributed by atoms with E-state index in [9.17, 15) is 0 Å². The van der Waals surface area contributed by atoms with Crippen molar-refractivity contribution in [3.63, 3.8) is 0 Å². The predicted molar refractivity (Wildman–Crippen MR) is 74.5 cm³/mol. The molecule has 0 amide bonds. The molecule has 1 heteroatoms. The summed E-state index contributed by atoms with van der Waals surface area (Å²) in [6, 6.07) is 9.68. The average molecular weight is 231 g/mol. The Hall–Kier alpha value is -0.820. The van der Waals surface area contributed by atoms with Crippen molar-refractivity contribution in [1.29, 1.82) is 0 Å². The van der Waals surface area contributed by atoms with Crippen LogP contribution in [-0.4, -0.2) is 12.6 Å². The average Bonchev–Trinajstić information content (AvgIpc) is 3.17. The molecular formula is C16H25N. The van der Waals surface area contributed by atoms with Gasteiger partial charge in [-0.05, 0) is 43.7 Å². The van der Waals surface area contributed by atoms with Gasteiger partial charge in [0.05, 0.1) is 0 Å². The Morgan fingerprint density at radius 1 is 1.18 bits per heavy atom. The standard InChI is InChI=1S/C16H25N/c1-4-16(5-2,12-17-14-10-11-14)15-9-7-6-8-13(15)3/h6-9,14,17H,4-5,10-12H2,1-3H3. The van der Waals surface area contributed by atoms with Crippen molar-refractivity contribution in [3.8, 4) is 0 Å². The second-order valence-electron chi connectivity index (χ2n) is 5.46. The molecule has 1 fully saturated rings. The number of aryl methyl sites for hydroxylation is 1. The van der Waals surface area contributed by atoms with Crippen LogP contribution >= 0.6 is 0 Å². The summed E-state index contributed by atoms with van der Waals surface area (Å²) in [7, 11) is 0. The van der Waals surface area contributed by atoms with E-state index in [1.807, 2.05) is 0 Å². The largest absolute Gasteiger partial charge is 0.313 e. The van der Waals surface area contributed by atoms with Gasteiger partial charge in [0, 0.05) is 18.0 Å². The number of hydrogen-bond acceptors (Lipinski definition) is 1. The van der Waals surface area contributed by atoms with Crippen molar-refractivity contribution in [2.24, 2.45) is 0 Å². The molecular weight excluding hydrogens is 206 g/mol. The lowest BCUT2D eigenvalue weighted by atomic mass is 9.74. The molecule has 1 nitrogen and oxygen atoms in total. The quantitative estimate of drug-likeness (QED) is 0.785. The number of hydrogen-bond donors (Lipinski definition) is 1. The summed E-state index contributed by atoms with van der Waals surface area (Å²) in [5.74, 6) is 0. The normalized spacial score (nSPS) is 16.2. The maximum absolute atomic E-state index is 3.73. The summed E-state index contributed by atoms with van der Waals surface area (Å²) in [5.41, 5.74) is 3.31. The minimum atomic E-state index is 0.327. The molecule has 0 radical (unpaired) electrons. The Labute approximate surface area is 106 Å². The highest BCUT2D eigenvalue weighted by Gasteiger charge is 2.32. The highest BCUT2D eigenvalue weighted by molar-refractivity contribution is 5.33. The fraction of sp³-hybridized carbons (Fsp3) is 0.625. The molecule has 94 valence electrons. The first-order valence-corrected chi connectivity index (χ1v) is 7.01. The van der Waals surface area contributed by atoms with Crippen LogP contribution in [0.4, 0.5) is 0 Å². The number of rotatable bonds is 6. The van der Waals surface area contributed by atoms with E-state index in [2.05, 4.69) is 50.4 Å². The van der Waals surface area contributed by atoms with E-state index in [1.54, 1.807) is 0 Å². The van der Waals surface area contributed by atoms with E-state index >= 15 is 0 Å². The molecule has 1 aliphatic carbocycles. The summed E-state index contributed by atoms with van der Waals surface area (Å²) in [5, 5.41) is 3.73. The van der Waals surface area contributed by atoms with E-state index in [4.69, 9.17) is 0 Å². The molecule has 0 unspecified atom stereocenters. The van der Waals surface area contributed by atoms with Crippen LogP contribution < -0.4 is 5.32 Å². The lowest BCUT2D eigenvalue weighted by Crippen LogP contribution is -2.38. The van der Waals surface area contributed by atoms with Crippen molar-refractivity contribution in [1.82, 2.24) is 5.32 Å². The Bertz CT molecular complexity index is 362. The van der Waals surface area contributed by atoms with E-state index in [1.165, 1.54) is 36.8 Å². The summed E-state index contributed by atoms with van der Waals surface area (Å²) in [4.78, 5) is 0. The topological polar surface area (TPSA) is 12.0 Å². The van der Waals surface area contributed by atoms with Gasteiger partial charge in [0.1, 0.15) is 0 Å². The number of benzene rings is 1. The zero-order chi connectivity index (χ0) is 12.3. The van der Waals surface area contributed by atoms with Gasteiger partial charge in [0.2, 0.25) is 0 Å². The zero-order valence-electron chi connectivity index (χ0n) is 11.4. The van der Waals surface area contributed by atoms with E-state index in [0.29, 0.717) is 5.41 Å². The molecule has 0 spiro atoms. The first-order valence-electron chi connectivity index (χ1n) is 7.01. The molecule has 17 heavy (non-hydrogen) atoms. The van der Waals surface area contributed by atoms with Gasteiger partial charge in [-0.3, -0.25) is 0 Å². The molecule has 0 aliphatic heterocycles. The van der Waals surface area contributed by atoms with E-state index in [0.717, 1.165) is 12.6 Å². The van der Waals surface area contributed by atoms with Crippen LogP contribution in [0.2, 0.25) is 0 Å². The van der Waals surface area contributed by atoms with Gasteiger partial charge >= 0.3 is 0 Å². The minimum Gasteiger partial charge on any atom is -0.313 e. The third-order valence-corrected chi connectivity index (χ3v) is 4.38. The second kappa shape index (κ2) is 5.22. The van der Waals surface area contributed by atoms with Crippen LogP contribution in [0.15, 0.2) is 24.3 Å². The number of nitrogens with one attached hydrogen (secondary N) is 1. The summed E-state index contributed by atoms with van der Waals surface area (Å²) in [6.07, 6.45) is 5.18. The Morgan fingerprint density at radius 3 is 2.35 bits per heavy atom.